The van der Waals surface area contributed by atoms with Crippen molar-refractivity contribution in [3.05, 3.63) is 34.3 Å². The third kappa shape index (κ3) is 6.87. The maximum atomic E-state index is 11.8. The first-order valence-electron chi connectivity index (χ1n) is 6.30. The predicted molar refractivity (Wildman–Crippen MR) is 81.5 cm³/mol. The molecule has 0 radical (unpaired) electrons. The van der Waals surface area contributed by atoms with Crippen LogP contribution < -0.4 is 21.7 Å². The molecule has 0 aliphatic heterocycles. The van der Waals surface area contributed by atoms with Gasteiger partial charge in [0.15, 0.2) is 0 Å². The number of halogens is 1. The van der Waals surface area contributed by atoms with Gasteiger partial charge in [0.1, 0.15) is 0 Å². The summed E-state index contributed by atoms with van der Waals surface area (Å²) < 4.78 is 0.819. The van der Waals surface area contributed by atoms with E-state index < -0.39 is 5.91 Å². The van der Waals surface area contributed by atoms with E-state index in [0.29, 0.717) is 12.1 Å². The van der Waals surface area contributed by atoms with Crippen molar-refractivity contribution in [3.8, 4) is 0 Å². The van der Waals surface area contributed by atoms with Gasteiger partial charge in [0.05, 0.1) is 13.1 Å². The van der Waals surface area contributed by atoms with E-state index in [-0.39, 0.29) is 31.4 Å². The zero-order valence-corrected chi connectivity index (χ0v) is 12.9. The summed E-state index contributed by atoms with van der Waals surface area (Å²) in [6.07, 6.45) is 0. The lowest BCUT2D eigenvalue weighted by atomic mass is 10.2. The molecule has 0 atom stereocenters. The summed E-state index contributed by atoms with van der Waals surface area (Å²) in [7, 11) is 0. The molecule has 5 N–H and O–H groups in total. The van der Waals surface area contributed by atoms with Crippen molar-refractivity contribution in [1.82, 2.24) is 16.0 Å². The highest BCUT2D eigenvalue weighted by Gasteiger charge is 2.06. The second kappa shape index (κ2) is 9.09. The van der Waals surface area contributed by atoms with E-state index in [0.717, 1.165) is 4.47 Å². The number of rotatable bonds is 7. The smallest absolute Gasteiger partial charge is 0.251 e. The molecule has 0 fully saturated rings. The highest BCUT2D eigenvalue weighted by atomic mass is 79.9. The monoisotopic (exact) mass is 356 g/mol. The van der Waals surface area contributed by atoms with Crippen molar-refractivity contribution < 1.29 is 14.4 Å². The van der Waals surface area contributed by atoms with E-state index in [1.807, 2.05) is 6.07 Å². The van der Waals surface area contributed by atoms with E-state index in [2.05, 4.69) is 31.9 Å². The van der Waals surface area contributed by atoms with Crippen LogP contribution in [0.25, 0.3) is 0 Å². The van der Waals surface area contributed by atoms with Gasteiger partial charge in [-0.25, -0.2) is 0 Å². The maximum absolute atomic E-state index is 11.8. The average Bonchev–Trinajstić information content (AvgIpc) is 2.48. The molecular formula is C13H17BrN4O3. The number of benzene rings is 1. The molecule has 0 spiro atoms. The van der Waals surface area contributed by atoms with E-state index >= 15 is 0 Å². The molecule has 0 unspecified atom stereocenters. The zero-order chi connectivity index (χ0) is 15.7. The number of hydrogen-bond donors (Lipinski definition) is 4. The van der Waals surface area contributed by atoms with Gasteiger partial charge in [-0.15, -0.1) is 0 Å². The minimum atomic E-state index is -0.395. The van der Waals surface area contributed by atoms with Crippen molar-refractivity contribution in [1.29, 1.82) is 0 Å². The first-order chi connectivity index (χ1) is 10.0. The number of carbonyl (C=O) groups is 3. The Labute approximate surface area is 130 Å². The van der Waals surface area contributed by atoms with Crippen LogP contribution in [-0.2, 0) is 9.59 Å². The quantitative estimate of drug-likeness (QED) is 0.487. The molecular weight excluding hydrogens is 340 g/mol. The first-order valence-corrected chi connectivity index (χ1v) is 7.09. The normalized spacial score (nSPS) is 9.81. The fourth-order valence-electron chi connectivity index (χ4n) is 1.42. The molecule has 0 saturated carbocycles. The fraction of sp³-hybridized carbons (Fsp3) is 0.308. The maximum Gasteiger partial charge on any atom is 0.251 e. The van der Waals surface area contributed by atoms with Crippen LogP contribution in [0.5, 0.6) is 0 Å². The Hall–Kier alpha value is -1.93. The molecule has 0 bridgehead atoms. The average molecular weight is 357 g/mol. The molecule has 0 saturated heterocycles. The van der Waals surface area contributed by atoms with Crippen molar-refractivity contribution in [2.24, 2.45) is 5.73 Å². The van der Waals surface area contributed by atoms with Gasteiger partial charge >= 0.3 is 0 Å². The number of carbonyl (C=O) groups excluding carboxylic acids is 3. The van der Waals surface area contributed by atoms with E-state index in [9.17, 15) is 14.4 Å². The lowest BCUT2D eigenvalue weighted by molar-refractivity contribution is -0.125. The molecule has 0 aromatic heterocycles. The molecule has 0 aliphatic rings. The van der Waals surface area contributed by atoms with Crippen LogP contribution in [0.15, 0.2) is 28.7 Å². The topological polar surface area (TPSA) is 113 Å². The second-order valence-electron chi connectivity index (χ2n) is 4.10. The Morgan fingerprint density at radius 2 is 1.76 bits per heavy atom. The fourth-order valence-corrected chi connectivity index (χ4v) is 1.82. The summed E-state index contributed by atoms with van der Waals surface area (Å²) >= 11 is 3.29. The SMILES string of the molecule is NCC(=O)NCC(=O)NCCNC(=O)c1cccc(Br)c1. The molecule has 0 aliphatic carbocycles. The van der Waals surface area contributed by atoms with Crippen LogP contribution in [-0.4, -0.2) is 43.9 Å². The Morgan fingerprint density at radius 3 is 2.43 bits per heavy atom. The summed E-state index contributed by atoms with van der Waals surface area (Å²) in [5, 5.41) is 7.58. The Balaban J connectivity index is 2.20. The molecule has 3 amide bonds. The van der Waals surface area contributed by atoms with Gasteiger partial charge in [0.25, 0.3) is 5.91 Å². The lowest BCUT2D eigenvalue weighted by Crippen LogP contribution is -2.41. The Kier molecular flexibility index (Phi) is 7.41. The third-order valence-corrected chi connectivity index (χ3v) is 2.94. The summed E-state index contributed by atoms with van der Waals surface area (Å²) in [5.41, 5.74) is 5.62. The van der Waals surface area contributed by atoms with Gasteiger partial charge in [-0.05, 0) is 18.2 Å². The van der Waals surface area contributed by atoms with Gasteiger partial charge < -0.3 is 21.7 Å². The number of amides is 3. The standard InChI is InChI=1S/C13H17BrN4O3/c14-10-3-1-2-9(6-10)13(21)17-5-4-16-12(20)8-18-11(19)7-15/h1-3,6H,4-5,7-8,15H2,(H,16,20)(H,17,21)(H,18,19). The van der Waals surface area contributed by atoms with Crippen LogP contribution in [0.4, 0.5) is 0 Å². The molecule has 1 aromatic carbocycles. The largest absolute Gasteiger partial charge is 0.353 e. The van der Waals surface area contributed by atoms with E-state index in [1.54, 1.807) is 18.2 Å². The van der Waals surface area contributed by atoms with Crippen molar-refractivity contribution in [2.45, 2.75) is 0 Å². The lowest BCUT2D eigenvalue weighted by Gasteiger charge is -2.08. The van der Waals surface area contributed by atoms with Gasteiger partial charge in [-0.3, -0.25) is 14.4 Å². The third-order valence-electron chi connectivity index (χ3n) is 2.45. The van der Waals surface area contributed by atoms with Crippen LogP contribution >= 0.6 is 15.9 Å². The molecule has 21 heavy (non-hydrogen) atoms. The van der Waals surface area contributed by atoms with Gasteiger partial charge in [-0.2, -0.15) is 0 Å². The molecule has 0 heterocycles. The van der Waals surface area contributed by atoms with Crippen LogP contribution in [0.3, 0.4) is 0 Å². The van der Waals surface area contributed by atoms with Crippen LogP contribution in [0.1, 0.15) is 10.4 Å². The van der Waals surface area contributed by atoms with Gasteiger partial charge in [0, 0.05) is 23.1 Å². The molecule has 8 heteroatoms. The number of nitrogens with one attached hydrogen (secondary N) is 3. The molecule has 1 aromatic rings. The van der Waals surface area contributed by atoms with Crippen molar-refractivity contribution >= 4 is 33.7 Å². The number of nitrogens with two attached hydrogens (primary N) is 1. The van der Waals surface area contributed by atoms with Crippen LogP contribution in [0, 0.1) is 0 Å². The van der Waals surface area contributed by atoms with Crippen LogP contribution in [0.2, 0.25) is 0 Å². The van der Waals surface area contributed by atoms with Crippen molar-refractivity contribution in [3.63, 3.8) is 0 Å². The molecule has 114 valence electrons. The molecule has 7 nitrogen and oxygen atoms in total. The van der Waals surface area contributed by atoms with E-state index in [1.165, 1.54) is 0 Å². The highest BCUT2D eigenvalue weighted by molar-refractivity contribution is 9.10. The highest BCUT2D eigenvalue weighted by Crippen LogP contribution is 2.11. The predicted octanol–water partition coefficient (Wildman–Crippen LogP) is -0.630. The minimum absolute atomic E-state index is 0.129. The summed E-state index contributed by atoms with van der Waals surface area (Å²) in [5.74, 6) is -0.955. The summed E-state index contributed by atoms with van der Waals surface area (Å²) in [6, 6.07) is 6.99. The van der Waals surface area contributed by atoms with E-state index in [4.69, 9.17) is 5.73 Å². The second-order valence-corrected chi connectivity index (χ2v) is 5.01. The van der Waals surface area contributed by atoms with Gasteiger partial charge in [0.2, 0.25) is 11.8 Å². The minimum Gasteiger partial charge on any atom is -0.353 e. The summed E-state index contributed by atoms with van der Waals surface area (Å²) in [4.78, 5) is 34.0. The Morgan fingerprint density at radius 1 is 1.05 bits per heavy atom. The molecule has 1 rings (SSSR count). The van der Waals surface area contributed by atoms with Gasteiger partial charge in [-0.1, -0.05) is 22.0 Å². The Bertz CT molecular complexity index is 522. The van der Waals surface area contributed by atoms with Crippen molar-refractivity contribution in [2.75, 3.05) is 26.2 Å². The summed E-state index contributed by atoms with van der Waals surface area (Å²) in [6.45, 7) is 0.282. The number of hydrogen-bond acceptors (Lipinski definition) is 4. The first kappa shape index (κ1) is 17.1. The zero-order valence-electron chi connectivity index (χ0n) is 11.3.